The third-order valence-corrected chi connectivity index (χ3v) is 5.77. The van der Waals surface area contributed by atoms with Gasteiger partial charge in [0, 0.05) is 15.7 Å². The summed E-state index contributed by atoms with van der Waals surface area (Å²) in [6.45, 7) is 1.59. The summed E-state index contributed by atoms with van der Waals surface area (Å²) >= 11 is 12.8. The molecule has 13 heteroatoms. The number of anilines is 2. The van der Waals surface area contributed by atoms with Crippen molar-refractivity contribution >= 4 is 52.4 Å². The molecule has 2 aromatic heterocycles. The standard InChI is InChI=1S/C19H13Cl2N7O3S/c1-8(17(29)25-11-4-9(20)3-10(21)5-11)32-18-13(7-23)14(12(6-22)16(24)26-18)15-19(30)31-27-28(15)2/h3-5,8H,1-2H3,(H3-,24,25,26,27,29,30)/p+1. The molecule has 0 bridgehead atoms. The Hall–Kier alpha value is -3.51. The van der Waals surface area contributed by atoms with E-state index >= 15 is 0 Å². The summed E-state index contributed by atoms with van der Waals surface area (Å²) < 4.78 is 5.96. The number of hydrogen-bond donors (Lipinski definition) is 3. The maximum Gasteiger partial charge on any atom is 0.435 e. The van der Waals surface area contributed by atoms with Gasteiger partial charge in [-0.3, -0.25) is 9.32 Å². The second-order valence-corrected chi connectivity index (χ2v) is 8.65. The number of benzene rings is 1. The molecule has 1 atom stereocenters. The van der Waals surface area contributed by atoms with Gasteiger partial charge in [-0.2, -0.15) is 10.5 Å². The molecular formula is C19H14Cl2N7O3S+. The Balaban J connectivity index is 2.01. The highest BCUT2D eigenvalue weighted by Crippen LogP contribution is 2.35. The van der Waals surface area contributed by atoms with Gasteiger partial charge in [0.1, 0.15) is 34.1 Å². The van der Waals surface area contributed by atoms with Crippen molar-refractivity contribution < 1.29 is 14.0 Å². The molecule has 0 saturated carbocycles. The van der Waals surface area contributed by atoms with Gasteiger partial charge in [-0.1, -0.05) is 39.6 Å². The van der Waals surface area contributed by atoms with Crippen LogP contribution in [-0.2, 0) is 11.8 Å². The topological polar surface area (TPSA) is 165 Å². The molecule has 1 aromatic carbocycles. The fourth-order valence-corrected chi connectivity index (χ4v) is 4.27. The summed E-state index contributed by atoms with van der Waals surface area (Å²) in [4.78, 5) is 29.0. The largest absolute Gasteiger partial charge is 0.435 e. The quantitative estimate of drug-likeness (QED) is 0.362. The Morgan fingerprint density at radius 2 is 1.91 bits per heavy atom. The second kappa shape index (κ2) is 9.32. The van der Waals surface area contributed by atoms with Crippen molar-refractivity contribution in [1.82, 2.24) is 10.3 Å². The third kappa shape index (κ3) is 4.55. The van der Waals surface area contributed by atoms with Gasteiger partial charge in [0.15, 0.2) is 7.05 Å². The molecule has 1 unspecified atom stereocenters. The van der Waals surface area contributed by atoms with Crippen LogP contribution in [0.4, 0.5) is 11.5 Å². The second-order valence-electron chi connectivity index (χ2n) is 6.45. The fourth-order valence-electron chi connectivity index (χ4n) is 2.82. The minimum Gasteiger partial charge on any atom is -0.383 e. The number of carbonyl (C=O) groups is 1. The predicted molar refractivity (Wildman–Crippen MR) is 118 cm³/mol. The number of nitrogens with zero attached hydrogens (tertiary/aromatic N) is 4. The van der Waals surface area contributed by atoms with E-state index in [1.807, 2.05) is 12.1 Å². The number of hydrogen-bond acceptors (Lipinski definition) is 8. The maximum absolute atomic E-state index is 12.7. The van der Waals surface area contributed by atoms with E-state index in [1.165, 1.54) is 29.9 Å². The lowest BCUT2D eigenvalue weighted by Gasteiger charge is -2.14. The molecule has 4 N–H and O–H groups in total. The summed E-state index contributed by atoms with van der Waals surface area (Å²) in [5.74, 6) is -0.617. The van der Waals surface area contributed by atoms with Crippen LogP contribution < -0.4 is 21.4 Å². The molecule has 32 heavy (non-hydrogen) atoms. The molecule has 0 fully saturated rings. The van der Waals surface area contributed by atoms with Gasteiger partial charge < -0.3 is 11.1 Å². The van der Waals surface area contributed by atoms with Gasteiger partial charge >= 0.3 is 11.3 Å². The van der Waals surface area contributed by atoms with Crippen molar-refractivity contribution in [3.8, 4) is 23.4 Å². The van der Waals surface area contributed by atoms with Gasteiger partial charge in [-0.05, 0) is 30.4 Å². The lowest BCUT2D eigenvalue weighted by atomic mass is 10.0. The van der Waals surface area contributed by atoms with Gasteiger partial charge in [0.05, 0.1) is 10.8 Å². The summed E-state index contributed by atoms with van der Waals surface area (Å²) in [7, 11) is 1.47. The maximum atomic E-state index is 12.7. The number of nitrogen functional groups attached to an aromatic ring is 1. The Morgan fingerprint density at radius 3 is 2.44 bits per heavy atom. The van der Waals surface area contributed by atoms with Crippen LogP contribution in [0.2, 0.25) is 10.0 Å². The van der Waals surface area contributed by atoms with Crippen molar-refractivity contribution in [2.24, 2.45) is 7.05 Å². The van der Waals surface area contributed by atoms with Crippen molar-refractivity contribution in [1.29, 1.82) is 10.5 Å². The van der Waals surface area contributed by atoms with Gasteiger partial charge in [0.2, 0.25) is 5.91 Å². The molecular weight excluding hydrogens is 477 g/mol. The zero-order valence-corrected chi connectivity index (χ0v) is 18.9. The fraction of sp³-hybridized carbons (Fsp3) is 0.158. The predicted octanol–water partition coefficient (Wildman–Crippen LogP) is 2.61. The number of pyridine rings is 1. The van der Waals surface area contributed by atoms with Crippen LogP contribution in [-0.4, -0.2) is 21.4 Å². The zero-order chi connectivity index (χ0) is 23.6. The highest BCUT2D eigenvalue weighted by Gasteiger charge is 2.32. The highest BCUT2D eigenvalue weighted by molar-refractivity contribution is 8.00. The molecule has 2 heterocycles. The third-order valence-electron chi connectivity index (χ3n) is 4.24. The molecule has 0 radical (unpaired) electrons. The molecule has 0 aliphatic heterocycles. The number of rotatable bonds is 5. The number of amides is 1. The Kier molecular flexibility index (Phi) is 6.75. The number of thioether (sulfide) groups is 1. The molecule has 0 aliphatic carbocycles. The normalized spacial score (nSPS) is 11.4. The number of nitrogens with one attached hydrogen (secondary N) is 2. The summed E-state index contributed by atoms with van der Waals surface area (Å²) in [6, 6.07) is 8.41. The smallest absolute Gasteiger partial charge is 0.383 e. The monoisotopic (exact) mass is 490 g/mol. The van der Waals surface area contributed by atoms with E-state index < -0.39 is 16.8 Å². The number of nitriles is 2. The molecule has 10 nitrogen and oxygen atoms in total. The van der Waals surface area contributed by atoms with Crippen LogP contribution in [0.1, 0.15) is 18.1 Å². The number of H-pyrrole nitrogens is 1. The minimum absolute atomic E-state index is 0.0308. The summed E-state index contributed by atoms with van der Waals surface area (Å²) in [5, 5.41) is 24.4. The molecule has 0 spiro atoms. The van der Waals surface area contributed by atoms with E-state index in [0.717, 1.165) is 11.8 Å². The SMILES string of the molecule is CC(Sc1nc(N)c(C#N)c(-c2c(=O)o[nH][n+]2C)c1C#N)C(=O)Nc1cc(Cl)cc(Cl)c1. The zero-order valence-electron chi connectivity index (χ0n) is 16.6. The van der Waals surface area contributed by atoms with E-state index in [0.29, 0.717) is 15.7 Å². The first-order valence-electron chi connectivity index (χ1n) is 8.81. The van der Waals surface area contributed by atoms with Gasteiger partial charge in [-0.15, -0.1) is 0 Å². The average molecular weight is 491 g/mol. The van der Waals surface area contributed by atoms with E-state index in [2.05, 4.69) is 15.6 Å². The first-order chi connectivity index (χ1) is 15.2. The van der Waals surface area contributed by atoms with E-state index in [1.54, 1.807) is 6.92 Å². The molecule has 162 valence electrons. The summed E-state index contributed by atoms with van der Waals surface area (Å²) in [5.41, 5.74) is 5.17. The first-order valence-corrected chi connectivity index (χ1v) is 10.4. The molecule has 3 rings (SSSR count). The van der Waals surface area contributed by atoms with Crippen molar-refractivity contribution in [3.05, 3.63) is 49.8 Å². The average Bonchev–Trinajstić information content (AvgIpc) is 3.04. The number of aryl methyl sites for hydroxylation is 1. The highest BCUT2D eigenvalue weighted by atomic mass is 35.5. The Labute approximate surface area is 195 Å². The summed E-state index contributed by atoms with van der Waals surface area (Å²) in [6.07, 6.45) is 0. The molecule has 3 aromatic rings. The van der Waals surface area contributed by atoms with Crippen LogP contribution in [0.15, 0.2) is 32.5 Å². The van der Waals surface area contributed by atoms with Crippen LogP contribution in [0, 0.1) is 22.7 Å². The lowest BCUT2D eigenvalue weighted by molar-refractivity contribution is -0.730. The van der Waals surface area contributed by atoms with Crippen molar-refractivity contribution in [3.63, 3.8) is 0 Å². The number of carbonyl (C=O) groups excluding carboxylic acids is 1. The Bertz CT molecular complexity index is 1350. The molecule has 0 saturated heterocycles. The van der Waals surface area contributed by atoms with E-state index in [9.17, 15) is 20.1 Å². The molecule has 0 aliphatic rings. The Morgan fingerprint density at radius 1 is 1.28 bits per heavy atom. The minimum atomic E-state index is -0.800. The van der Waals surface area contributed by atoms with Crippen LogP contribution in [0.25, 0.3) is 11.3 Å². The van der Waals surface area contributed by atoms with E-state index in [-0.39, 0.29) is 33.2 Å². The molecule has 1 amide bonds. The van der Waals surface area contributed by atoms with Crippen LogP contribution in [0.3, 0.4) is 0 Å². The van der Waals surface area contributed by atoms with Crippen molar-refractivity contribution in [2.75, 3.05) is 11.1 Å². The van der Waals surface area contributed by atoms with Gasteiger partial charge in [-0.25, -0.2) is 9.78 Å². The lowest BCUT2D eigenvalue weighted by Crippen LogP contribution is -2.34. The number of nitrogens with two attached hydrogens (primary N) is 1. The van der Waals surface area contributed by atoms with Crippen LogP contribution >= 0.6 is 35.0 Å². The number of halogens is 2. The van der Waals surface area contributed by atoms with Crippen molar-refractivity contribution in [2.45, 2.75) is 17.2 Å². The number of aromatic nitrogens is 3. The van der Waals surface area contributed by atoms with Gasteiger partial charge in [0.25, 0.3) is 0 Å². The van der Waals surface area contributed by atoms with E-state index in [4.69, 9.17) is 33.5 Å². The number of aromatic amines is 1. The van der Waals surface area contributed by atoms with Crippen LogP contribution in [0.5, 0.6) is 0 Å². The first kappa shape index (κ1) is 23.2.